The third kappa shape index (κ3) is 2.90. The molecular formula is C19H15ClN4O. The molecule has 0 bridgehead atoms. The molecule has 6 heteroatoms. The largest absolute Gasteiger partial charge is 0.354 e. The van der Waals surface area contributed by atoms with E-state index in [9.17, 15) is 4.79 Å². The van der Waals surface area contributed by atoms with Crippen LogP contribution in [0.3, 0.4) is 0 Å². The van der Waals surface area contributed by atoms with Crippen LogP contribution in [0.5, 0.6) is 0 Å². The Labute approximate surface area is 149 Å². The summed E-state index contributed by atoms with van der Waals surface area (Å²) >= 11 is 6.27. The molecule has 0 radical (unpaired) electrons. The Morgan fingerprint density at radius 3 is 2.76 bits per heavy atom. The summed E-state index contributed by atoms with van der Waals surface area (Å²) < 4.78 is 1.54. The van der Waals surface area contributed by atoms with Crippen LogP contribution in [0, 0.1) is 0 Å². The topological polar surface area (TPSA) is 62.7 Å². The molecule has 1 amide bonds. The van der Waals surface area contributed by atoms with Crippen LogP contribution in [0.1, 0.15) is 10.5 Å². The standard InChI is InChI=1S/C19H15ClN4O/c1-24-18(8-9-21-24)19(25)22-13-7-6-12-10-17(23-16(12)11-13)14-4-2-3-5-15(14)20/h2-11,23H,1H3,(H,22,25). The highest BCUT2D eigenvalue weighted by Crippen LogP contribution is 2.30. The number of hydrogen-bond donors (Lipinski definition) is 2. The van der Waals surface area contributed by atoms with Gasteiger partial charge in [-0.25, -0.2) is 0 Å². The van der Waals surface area contributed by atoms with Crippen LogP contribution in [0.25, 0.3) is 22.2 Å². The van der Waals surface area contributed by atoms with Crippen molar-refractivity contribution < 1.29 is 4.79 Å². The first-order chi connectivity index (χ1) is 12.1. The number of nitrogens with one attached hydrogen (secondary N) is 2. The molecule has 4 rings (SSSR count). The molecular weight excluding hydrogens is 336 g/mol. The number of aromatic amines is 1. The van der Waals surface area contributed by atoms with Crippen molar-refractivity contribution in [1.82, 2.24) is 14.8 Å². The quantitative estimate of drug-likeness (QED) is 0.572. The van der Waals surface area contributed by atoms with Crippen LogP contribution in [-0.4, -0.2) is 20.7 Å². The molecule has 0 saturated heterocycles. The summed E-state index contributed by atoms with van der Waals surface area (Å²) in [4.78, 5) is 15.7. The van der Waals surface area contributed by atoms with Crippen molar-refractivity contribution in [2.45, 2.75) is 0 Å². The normalized spacial score (nSPS) is 11.0. The van der Waals surface area contributed by atoms with Crippen molar-refractivity contribution in [3.63, 3.8) is 0 Å². The molecule has 0 aliphatic heterocycles. The fourth-order valence-electron chi connectivity index (χ4n) is 2.82. The first kappa shape index (κ1) is 15.5. The van der Waals surface area contributed by atoms with E-state index in [1.165, 1.54) is 4.68 Å². The number of anilines is 1. The van der Waals surface area contributed by atoms with Crippen LogP contribution < -0.4 is 5.32 Å². The second kappa shape index (κ2) is 6.11. The molecule has 2 N–H and O–H groups in total. The monoisotopic (exact) mass is 350 g/mol. The molecule has 0 aliphatic carbocycles. The van der Waals surface area contributed by atoms with Gasteiger partial charge in [0.25, 0.3) is 5.91 Å². The van der Waals surface area contributed by atoms with Gasteiger partial charge >= 0.3 is 0 Å². The minimum absolute atomic E-state index is 0.197. The SMILES string of the molecule is Cn1nccc1C(=O)Nc1ccc2cc(-c3ccccc3Cl)[nH]c2c1. The van der Waals surface area contributed by atoms with Crippen LogP contribution >= 0.6 is 11.6 Å². The lowest BCUT2D eigenvalue weighted by Crippen LogP contribution is -2.15. The summed E-state index contributed by atoms with van der Waals surface area (Å²) in [6.07, 6.45) is 1.60. The lowest BCUT2D eigenvalue weighted by molar-refractivity contribution is 0.101. The van der Waals surface area contributed by atoms with Crippen molar-refractivity contribution in [1.29, 1.82) is 0 Å². The van der Waals surface area contributed by atoms with Gasteiger partial charge in [0.1, 0.15) is 5.69 Å². The van der Waals surface area contributed by atoms with Crippen LogP contribution in [0.15, 0.2) is 60.8 Å². The number of amides is 1. The summed E-state index contributed by atoms with van der Waals surface area (Å²) in [6, 6.07) is 17.2. The minimum atomic E-state index is -0.197. The van der Waals surface area contributed by atoms with Crippen molar-refractivity contribution in [3.05, 3.63) is 71.5 Å². The Bertz CT molecular complexity index is 1080. The number of carbonyl (C=O) groups excluding carboxylic acids is 1. The van der Waals surface area contributed by atoms with Gasteiger partial charge in [-0.2, -0.15) is 5.10 Å². The van der Waals surface area contributed by atoms with Gasteiger partial charge in [-0.15, -0.1) is 0 Å². The third-order valence-corrected chi connectivity index (χ3v) is 4.43. The molecule has 124 valence electrons. The number of aromatic nitrogens is 3. The van der Waals surface area contributed by atoms with E-state index in [4.69, 9.17) is 11.6 Å². The fourth-order valence-corrected chi connectivity index (χ4v) is 3.06. The van der Waals surface area contributed by atoms with Crippen LogP contribution in [0.2, 0.25) is 5.02 Å². The highest BCUT2D eigenvalue weighted by molar-refractivity contribution is 6.33. The van der Waals surface area contributed by atoms with Gasteiger partial charge in [0, 0.05) is 46.1 Å². The molecule has 2 aromatic carbocycles. The molecule has 4 aromatic rings. The maximum absolute atomic E-state index is 12.3. The molecule has 0 unspecified atom stereocenters. The predicted molar refractivity (Wildman–Crippen MR) is 99.9 cm³/mol. The number of nitrogens with zero attached hydrogens (tertiary/aromatic N) is 2. The lowest BCUT2D eigenvalue weighted by atomic mass is 10.1. The van der Waals surface area contributed by atoms with Gasteiger partial charge in [-0.05, 0) is 30.3 Å². The number of benzene rings is 2. The van der Waals surface area contributed by atoms with Gasteiger partial charge in [0.2, 0.25) is 0 Å². The van der Waals surface area contributed by atoms with E-state index >= 15 is 0 Å². The zero-order valence-electron chi connectivity index (χ0n) is 13.5. The first-order valence-corrected chi connectivity index (χ1v) is 8.16. The Hall–Kier alpha value is -3.05. The Kier molecular flexibility index (Phi) is 3.78. The fraction of sp³-hybridized carbons (Fsp3) is 0.0526. The Morgan fingerprint density at radius 1 is 1.16 bits per heavy atom. The maximum atomic E-state index is 12.3. The molecule has 0 aliphatic rings. The van der Waals surface area contributed by atoms with E-state index in [1.807, 2.05) is 48.5 Å². The van der Waals surface area contributed by atoms with E-state index < -0.39 is 0 Å². The second-order valence-electron chi connectivity index (χ2n) is 5.76. The summed E-state index contributed by atoms with van der Waals surface area (Å²) in [7, 11) is 1.74. The molecule has 5 nitrogen and oxygen atoms in total. The number of carbonyl (C=O) groups is 1. The van der Waals surface area contributed by atoms with Gasteiger partial charge in [-0.3, -0.25) is 9.48 Å². The van der Waals surface area contributed by atoms with Gasteiger partial charge in [0.05, 0.1) is 0 Å². The average Bonchev–Trinajstić information content (AvgIpc) is 3.20. The molecule has 0 fully saturated rings. The summed E-state index contributed by atoms with van der Waals surface area (Å²) in [5, 5.41) is 8.65. The van der Waals surface area contributed by atoms with E-state index in [0.717, 1.165) is 22.2 Å². The lowest BCUT2D eigenvalue weighted by Gasteiger charge is -2.05. The number of H-pyrrole nitrogens is 1. The van der Waals surface area contributed by atoms with Crippen molar-refractivity contribution in [3.8, 4) is 11.3 Å². The van der Waals surface area contributed by atoms with Crippen LogP contribution in [-0.2, 0) is 7.05 Å². The summed E-state index contributed by atoms with van der Waals surface area (Å²) in [6.45, 7) is 0. The number of fused-ring (bicyclic) bond motifs is 1. The van der Waals surface area contributed by atoms with Crippen molar-refractivity contribution >= 4 is 34.1 Å². The zero-order valence-corrected chi connectivity index (χ0v) is 14.2. The van der Waals surface area contributed by atoms with Crippen LogP contribution in [0.4, 0.5) is 5.69 Å². The van der Waals surface area contributed by atoms with Crippen molar-refractivity contribution in [2.75, 3.05) is 5.32 Å². The Morgan fingerprint density at radius 2 is 2.00 bits per heavy atom. The third-order valence-electron chi connectivity index (χ3n) is 4.10. The van der Waals surface area contributed by atoms with E-state index in [2.05, 4.69) is 15.4 Å². The second-order valence-corrected chi connectivity index (χ2v) is 6.17. The number of aryl methyl sites for hydroxylation is 1. The zero-order chi connectivity index (χ0) is 17.4. The Balaban J connectivity index is 1.66. The maximum Gasteiger partial charge on any atom is 0.273 e. The number of halogens is 1. The molecule has 0 atom stereocenters. The molecule has 25 heavy (non-hydrogen) atoms. The van der Waals surface area contributed by atoms with E-state index in [0.29, 0.717) is 16.4 Å². The predicted octanol–water partition coefficient (Wildman–Crippen LogP) is 4.47. The highest BCUT2D eigenvalue weighted by atomic mass is 35.5. The molecule has 2 aromatic heterocycles. The van der Waals surface area contributed by atoms with E-state index in [-0.39, 0.29) is 5.91 Å². The summed E-state index contributed by atoms with van der Waals surface area (Å²) in [5.41, 5.74) is 4.03. The summed E-state index contributed by atoms with van der Waals surface area (Å²) in [5.74, 6) is -0.197. The minimum Gasteiger partial charge on any atom is -0.354 e. The molecule has 0 spiro atoms. The van der Waals surface area contributed by atoms with Crippen molar-refractivity contribution in [2.24, 2.45) is 7.05 Å². The first-order valence-electron chi connectivity index (χ1n) is 7.79. The average molecular weight is 351 g/mol. The highest BCUT2D eigenvalue weighted by Gasteiger charge is 2.11. The molecule has 2 heterocycles. The smallest absolute Gasteiger partial charge is 0.273 e. The van der Waals surface area contributed by atoms with Gasteiger partial charge in [-0.1, -0.05) is 35.9 Å². The van der Waals surface area contributed by atoms with Gasteiger partial charge in [0.15, 0.2) is 0 Å². The van der Waals surface area contributed by atoms with E-state index in [1.54, 1.807) is 19.3 Å². The van der Waals surface area contributed by atoms with Gasteiger partial charge < -0.3 is 10.3 Å². The molecule has 0 saturated carbocycles. The number of rotatable bonds is 3. The number of hydrogen-bond acceptors (Lipinski definition) is 2.